The van der Waals surface area contributed by atoms with Crippen LogP contribution in [0.2, 0.25) is 5.02 Å². The number of aliphatic hydroxyl groups excluding tert-OH is 2. The van der Waals surface area contributed by atoms with Crippen LogP contribution in [-0.4, -0.2) is 44.6 Å². The quantitative estimate of drug-likeness (QED) is 0.630. The van der Waals surface area contributed by atoms with E-state index in [1.807, 2.05) is 41.0 Å². The van der Waals surface area contributed by atoms with E-state index in [1.165, 1.54) is 0 Å². The Bertz CT molecular complexity index is 927. The van der Waals surface area contributed by atoms with Crippen LogP contribution in [0.3, 0.4) is 0 Å². The Balaban J connectivity index is 1.54. The molecule has 0 bridgehead atoms. The summed E-state index contributed by atoms with van der Waals surface area (Å²) in [5, 5.41) is 24.7. The number of hydrogen-bond acceptors (Lipinski definition) is 4. The summed E-state index contributed by atoms with van der Waals surface area (Å²) in [5.41, 5.74) is 3.98. The van der Waals surface area contributed by atoms with E-state index in [0.717, 1.165) is 41.5 Å². The summed E-state index contributed by atoms with van der Waals surface area (Å²) in [7, 11) is 0. The highest BCUT2D eigenvalue weighted by Gasteiger charge is 2.25. The van der Waals surface area contributed by atoms with Crippen LogP contribution in [0.1, 0.15) is 19.3 Å². The molecule has 0 aliphatic carbocycles. The van der Waals surface area contributed by atoms with Crippen LogP contribution in [0.4, 0.5) is 0 Å². The van der Waals surface area contributed by atoms with E-state index in [1.54, 1.807) is 6.33 Å². The molecule has 1 fully saturated rings. The van der Waals surface area contributed by atoms with Gasteiger partial charge >= 0.3 is 0 Å². The molecule has 3 aromatic rings. The smallest absolute Gasteiger partial charge is 0.0959 e. The van der Waals surface area contributed by atoms with Crippen LogP contribution in [0.25, 0.3) is 22.2 Å². The summed E-state index contributed by atoms with van der Waals surface area (Å²) in [4.78, 5) is 4.45. The number of piperidine rings is 1. The molecule has 0 radical (unpaired) electrons. The maximum Gasteiger partial charge on any atom is 0.0959 e. The lowest BCUT2D eigenvalue weighted by atomic mass is 9.96. The van der Waals surface area contributed by atoms with Gasteiger partial charge in [-0.15, -0.1) is 0 Å². The Morgan fingerprint density at radius 3 is 2.89 bits per heavy atom. The molecule has 1 aliphatic heterocycles. The van der Waals surface area contributed by atoms with Crippen molar-refractivity contribution in [1.82, 2.24) is 14.9 Å². The molecule has 0 amide bonds. The summed E-state index contributed by atoms with van der Waals surface area (Å²) in [6.45, 7) is 1.34. The van der Waals surface area contributed by atoms with Gasteiger partial charge in [-0.1, -0.05) is 29.8 Å². The first kappa shape index (κ1) is 18.4. The number of aromatic nitrogens is 2. The van der Waals surface area contributed by atoms with Crippen LogP contribution in [0, 0.1) is 0 Å². The molecular formula is C21H24ClN3O2. The van der Waals surface area contributed by atoms with E-state index >= 15 is 0 Å². The Hall–Kier alpha value is -1.92. The number of imidazole rings is 1. The Kier molecular flexibility index (Phi) is 5.45. The van der Waals surface area contributed by atoms with Gasteiger partial charge in [0, 0.05) is 11.1 Å². The molecule has 1 aromatic heterocycles. The van der Waals surface area contributed by atoms with Gasteiger partial charge in [0.05, 0.1) is 36.1 Å². The van der Waals surface area contributed by atoms with E-state index in [-0.39, 0.29) is 12.1 Å². The van der Waals surface area contributed by atoms with Crippen molar-refractivity contribution in [2.75, 3.05) is 6.54 Å². The third-order valence-corrected chi connectivity index (χ3v) is 5.50. The number of rotatable bonds is 5. The molecule has 0 spiro atoms. The minimum Gasteiger partial charge on any atom is -0.392 e. The first-order valence-corrected chi connectivity index (χ1v) is 9.78. The second-order valence-electron chi connectivity index (χ2n) is 7.27. The summed E-state index contributed by atoms with van der Waals surface area (Å²) in [6.07, 6.45) is 3.12. The van der Waals surface area contributed by atoms with Crippen LogP contribution in [0.15, 0.2) is 48.8 Å². The Labute approximate surface area is 163 Å². The van der Waals surface area contributed by atoms with Crippen molar-refractivity contribution in [3.8, 4) is 11.1 Å². The number of aliphatic hydroxyl groups is 2. The molecule has 1 saturated heterocycles. The number of fused-ring (bicyclic) bond motifs is 1. The summed E-state index contributed by atoms with van der Waals surface area (Å²) >= 11 is 6.12. The lowest BCUT2D eigenvalue weighted by Crippen LogP contribution is -2.46. The van der Waals surface area contributed by atoms with Gasteiger partial charge in [-0.3, -0.25) is 0 Å². The lowest BCUT2D eigenvalue weighted by Gasteiger charge is -2.30. The molecule has 0 saturated carbocycles. The normalized spacial score (nSPS) is 21.4. The van der Waals surface area contributed by atoms with Crippen molar-refractivity contribution in [1.29, 1.82) is 0 Å². The summed E-state index contributed by atoms with van der Waals surface area (Å²) in [5.74, 6) is 0. The average molecular weight is 386 g/mol. The zero-order valence-corrected chi connectivity index (χ0v) is 15.8. The third kappa shape index (κ3) is 4.17. The second kappa shape index (κ2) is 7.98. The zero-order chi connectivity index (χ0) is 18.8. The van der Waals surface area contributed by atoms with E-state index in [0.29, 0.717) is 18.0 Å². The number of hydrogen-bond donors (Lipinski definition) is 3. The van der Waals surface area contributed by atoms with Crippen LogP contribution >= 0.6 is 11.6 Å². The predicted octanol–water partition coefficient (Wildman–Crippen LogP) is 3.22. The molecule has 2 heterocycles. The molecule has 4 rings (SSSR count). The molecule has 27 heavy (non-hydrogen) atoms. The fourth-order valence-corrected chi connectivity index (χ4v) is 4.01. The highest BCUT2D eigenvalue weighted by Crippen LogP contribution is 2.26. The van der Waals surface area contributed by atoms with Crippen molar-refractivity contribution >= 4 is 22.6 Å². The van der Waals surface area contributed by atoms with Crippen molar-refractivity contribution in [2.24, 2.45) is 0 Å². The van der Waals surface area contributed by atoms with Gasteiger partial charge in [0.15, 0.2) is 0 Å². The molecule has 3 atom stereocenters. The van der Waals surface area contributed by atoms with Crippen molar-refractivity contribution in [2.45, 2.75) is 44.1 Å². The van der Waals surface area contributed by atoms with Crippen molar-refractivity contribution in [3.05, 3.63) is 53.8 Å². The zero-order valence-electron chi connectivity index (χ0n) is 15.1. The molecule has 1 aliphatic rings. The average Bonchev–Trinajstić information content (AvgIpc) is 3.06. The highest BCUT2D eigenvalue weighted by atomic mass is 35.5. The van der Waals surface area contributed by atoms with Crippen LogP contribution < -0.4 is 5.32 Å². The molecule has 6 heteroatoms. The predicted molar refractivity (Wildman–Crippen MR) is 108 cm³/mol. The number of nitrogens with zero attached hydrogens (tertiary/aromatic N) is 2. The van der Waals surface area contributed by atoms with Crippen LogP contribution in [-0.2, 0) is 6.54 Å². The molecule has 2 aromatic carbocycles. The van der Waals surface area contributed by atoms with Gasteiger partial charge in [-0.05, 0) is 61.2 Å². The summed E-state index contributed by atoms with van der Waals surface area (Å²) in [6, 6.07) is 13.8. The standard InChI is InChI=1S/C21H24ClN3O2/c22-16-4-1-3-14(9-16)15-6-7-18-20(10-15)25(13-24-18)12-17(26)11-19-21(27)5-2-8-23-19/h1,3-4,6-7,9-10,13,17,19,21,23,26-27H,2,5,8,11-12H2/t17?,19-,21+/m1/s1. The lowest BCUT2D eigenvalue weighted by molar-refractivity contribution is 0.0547. The van der Waals surface area contributed by atoms with Crippen LogP contribution in [0.5, 0.6) is 0 Å². The molecular weight excluding hydrogens is 362 g/mol. The molecule has 5 nitrogen and oxygen atoms in total. The van der Waals surface area contributed by atoms with E-state index in [4.69, 9.17) is 11.6 Å². The maximum atomic E-state index is 10.6. The monoisotopic (exact) mass is 385 g/mol. The fourth-order valence-electron chi connectivity index (χ4n) is 3.82. The first-order valence-electron chi connectivity index (χ1n) is 9.40. The van der Waals surface area contributed by atoms with Crippen molar-refractivity contribution < 1.29 is 10.2 Å². The van der Waals surface area contributed by atoms with Gasteiger partial charge in [-0.25, -0.2) is 4.98 Å². The van der Waals surface area contributed by atoms with E-state index < -0.39 is 6.10 Å². The largest absolute Gasteiger partial charge is 0.392 e. The topological polar surface area (TPSA) is 70.3 Å². The highest BCUT2D eigenvalue weighted by molar-refractivity contribution is 6.30. The second-order valence-corrected chi connectivity index (χ2v) is 7.71. The fraction of sp³-hybridized carbons (Fsp3) is 0.381. The minimum atomic E-state index is -0.553. The number of nitrogens with one attached hydrogen (secondary N) is 1. The Morgan fingerprint density at radius 1 is 1.22 bits per heavy atom. The first-order chi connectivity index (χ1) is 13.1. The SMILES string of the molecule is OC(C[C@H]1NCCC[C@@H]1O)Cn1cnc2ccc(-c3cccc(Cl)c3)cc21. The van der Waals surface area contributed by atoms with Gasteiger partial charge in [-0.2, -0.15) is 0 Å². The van der Waals surface area contributed by atoms with E-state index in [2.05, 4.69) is 16.4 Å². The Morgan fingerprint density at radius 2 is 2.07 bits per heavy atom. The maximum absolute atomic E-state index is 10.6. The van der Waals surface area contributed by atoms with Gasteiger partial charge in [0.25, 0.3) is 0 Å². The molecule has 142 valence electrons. The summed E-state index contributed by atoms with van der Waals surface area (Å²) < 4.78 is 1.98. The number of benzene rings is 2. The molecule has 1 unspecified atom stereocenters. The minimum absolute atomic E-state index is 0.0504. The van der Waals surface area contributed by atoms with E-state index in [9.17, 15) is 10.2 Å². The molecule has 3 N–H and O–H groups in total. The van der Waals surface area contributed by atoms with Gasteiger partial charge < -0.3 is 20.1 Å². The van der Waals surface area contributed by atoms with Gasteiger partial charge in [0.2, 0.25) is 0 Å². The third-order valence-electron chi connectivity index (χ3n) is 5.26. The van der Waals surface area contributed by atoms with Gasteiger partial charge in [0.1, 0.15) is 0 Å². The number of halogens is 1. The van der Waals surface area contributed by atoms with Crippen molar-refractivity contribution in [3.63, 3.8) is 0 Å².